The van der Waals surface area contributed by atoms with Gasteiger partial charge in [0.1, 0.15) is 11.5 Å². The Hall–Kier alpha value is -1.55. The molecule has 0 heterocycles. The summed E-state index contributed by atoms with van der Waals surface area (Å²) in [5, 5.41) is -0.353. The van der Waals surface area contributed by atoms with E-state index in [4.69, 9.17) is 21.1 Å². The molecule has 0 N–H and O–H groups in total. The third kappa shape index (κ3) is 2.57. The summed E-state index contributed by atoms with van der Waals surface area (Å²) in [7, 11) is 1.63. The van der Waals surface area contributed by atoms with Crippen molar-refractivity contribution in [3.05, 3.63) is 23.3 Å². The topological polar surface area (TPSA) is 52.6 Å². The predicted octanol–water partition coefficient (Wildman–Crippen LogP) is 4.26. The van der Waals surface area contributed by atoms with E-state index in [1.165, 1.54) is 12.5 Å². The Morgan fingerprint density at radius 2 is 2.08 bits per heavy atom. The van der Waals surface area contributed by atoms with E-state index in [1.807, 2.05) is 6.07 Å². The molecule has 26 heavy (non-hydrogen) atoms. The number of alkyl halides is 1. The standard InChI is InChI=1S/C21H25ClO4/c1-11(23)26-18-9-13(25-3)8-12-4-5-14-15(19(12)18)6-7-21(2)16(14)10-17(22)20(21)24/h8-9,14-17H,4-7,10H2,1-3H3/t14-,15+,16+,17-,21+/m1/s1. The lowest BCUT2D eigenvalue weighted by molar-refractivity contribution is -0.132. The second-order valence-electron chi connectivity index (χ2n) is 8.23. The van der Waals surface area contributed by atoms with Gasteiger partial charge in [0.05, 0.1) is 12.5 Å². The molecule has 4 nitrogen and oxygen atoms in total. The summed E-state index contributed by atoms with van der Waals surface area (Å²) in [6.45, 7) is 3.53. The van der Waals surface area contributed by atoms with Crippen LogP contribution in [-0.2, 0) is 16.0 Å². The minimum atomic E-state index is -0.353. The number of fused-ring (bicyclic) bond motifs is 5. The van der Waals surface area contributed by atoms with E-state index in [1.54, 1.807) is 7.11 Å². The van der Waals surface area contributed by atoms with Crippen LogP contribution in [0.1, 0.15) is 56.6 Å². The van der Waals surface area contributed by atoms with Crippen LogP contribution in [0.4, 0.5) is 0 Å². The van der Waals surface area contributed by atoms with Gasteiger partial charge in [0.25, 0.3) is 0 Å². The van der Waals surface area contributed by atoms with Crippen molar-refractivity contribution in [3.8, 4) is 11.5 Å². The number of carbonyl (C=O) groups is 2. The third-order valence-electron chi connectivity index (χ3n) is 6.94. The smallest absolute Gasteiger partial charge is 0.308 e. The minimum absolute atomic E-state index is 0.225. The lowest BCUT2D eigenvalue weighted by Crippen LogP contribution is -2.42. The van der Waals surface area contributed by atoms with E-state index in [0.717, 1.165) is 43.4 Å². The summed E-state index contributed by atoms with van der Waals surface area (Å²) in [5.41, 5.74) is 2.06. The highest BCUT2D eigenvalue weighted by atomic mass is 35.5. The Labute approximate surface area is 159 Å². The fourth-order valence-electron chi connectivity index (χ4n) is 5.76. The quantitative estimate of drug-likeness (QED) is 0.439. The molecule has 2 fully saturated rings. The van der Waals surface area contributed by atoms with Crippen LogP contribution in [0.25, 0.3) is 0 Å². The first-order valence-electron chi connectivity index (χ1n) is 9.42. The molecule has 2 saturated carbocycles. The first kappa shape index (κ1) is 17.8. The molecule has 5 heteroatoms. The van der Waals surface area contributed by atoms with Crippen molar-refractivity contribution in [1.29, 1.82) is 0 Å². The van der Waals surface area contributed by atoms with Crippen molar-refractivity contribution in [2.24, 2.45) is 17.3 Å². The van der Waals surface area contributed by atoms with Crippen molar-refractivity contribution in [2.75, 3.05) is 7.11 Å². The molecule has 5 atom stereocenters. The van der Waals surface area contributed by atoms with Gasteiger partial charge in [-0.15, -0.1) is 11.6 Å². The summed E-state index contributed by atoms with van der Waals surface area (Å²) in [6.07, 6.45) is 4.51. The molecule has 0 saturated heterocycles. The second-order valence-corrected chi connectivity index (χ2v) is 8.76. The summed E-state index contributed by atoms with van der Waals surface area (Å²) >= 11 is 6.36. The molecule has 0 amide bonds. The zero-order valence-electron chi connectivity index (χ0n) is 15.5. The molecule has 1 aromatic carbocycles. The fraction of sp³-hybridized carbons (Fsp3) is 0.619. The molecule has 0 unspecified atom stereocenters. The molecule has 140 valence electrons. The van der Waals surface area contributed by atoms with Crippen LogP contribution in [-0.4, -0.2) is 24.2 Å². The van der Waals surface area contributed by atoms with Crippen molar-refractivity contribution in [3.63, 3.8) is 0 Å². The normalized spacial score (nSPS) is 35.3. The third-order valence-corrected chi connectivity index (χ3v) is 7.32. The highest BCUT2D eigenvalue weighted by molar-refractivity contribution is 6.32. The number of halogens is 1. The Morgan fingerprint density at radius 1 is 1.31 bits per heavy atom. The van der Waals surface area contributed by atoms with Gasteiger partial charge in [0.15, 0.2) is 5.78 Å². The largest absolute Gasteiger partial charge is 0.497 e. The molecular weight excluding hydrogens is 352 g/mol. The van der Waals surface area contributed by atoms with Crippen LogP contribution < -0.4 is 9.47 Å². The van der Waals surface area contributed by atoms with Gasteiger partial charge in [-0.05, 0) is 61.5 Å². The summed E-state index contributed by atoms with van der Waals surface area (Å²) in [6, 6.07) is 3.89. The Bertz CT molecular complexity index is 774. The van der Waals surface area contributed by atoms with Crippen LogP contribution >= 0.6 is 11.6 Å². The zero-order valence-corrected chi connectivity index (χ0v) is 16.3. The van der Waals surface area contributed by atoms with Gasteiger partial charge in [-0.25, -0.2) is 0 Å². The Balaban J connectivity index is 1.77. The van der Waals surface area contributed by atoms with Crippen LogP contribution in [0.15, 0.2) is 12.1 Å². The molecule has 0 aliphatic heterocycles. The molecular formula is C21H25ClO4. The number of hydrogen-bond acceptors (Lipinski definition) is 4. The van der Waals surface area contributed by atoms with Crippen LogP contribution in [0.5, 0.6) is 11.5 Å². The zero-order chi connectivity index (χ0) is 18.6. The van der Waals surface area contributed by atoms with E-state index in [9.17, 15) is 9.59 Å². The maximum absolute atomic E-state index is 12.7. The summed E-state index contributed by atoms with van der Waals surface area (Å²) < 4.78 is 11.0. The van der Waals surface area contributed by atoms with Crippen molar-refractivity contribution >= 4 is 23.4 Å². The van der Waals surface area contributed by atoms with Gasteiger partial charge in [-0.2, -0.15) is 0 Å². The van der Waals surface area contributed by atoms with Crippen LogP contribution in [0, 0.1) is 17.3 Å². The van der Waals surface area contributed by atoms with Gasteiger partial charge < -0.3 is 9.47 Å². The summed E-state index contributed by atoms with van der Waals surface area (Å²) in [4.78, 5) is 24.3. The fourth-order valence-corrected chi connectivity index (χ4v) is 6.20. The molecule has 3 aliphatic carbocycles. The number of hydrogen-bond donors (Lipinski definition) is 0. The number of rotatable bonds is 2. The SMILES string of the molecule is COc1cc2c(c(OC(C)=O)c1)[C@H]1CC[C@]3(C)C(=O)[C@H](Cl)C[C@H]3[C@@H]1CC2. The highest BCUT2D eigenvalue weighted by Gasteiger charge is 2.58. The first-order chi connectivity index (χ1) is 12.3. The Kier molecular flexibility index (Phi) is 4.30. The Morgan fingerprint density at radius 3 is 2.77 bits per heavy atom. The molecule has 0 aromatic heterocycles. The van der Waals surface area contributed by atoms with Crippen molar-refractivity contribution in [2.45, 2.75) is 57.2 Å². The first-order valence-corrected chi connectivity index (χ1v) is 9.86. The average molecular weight is 377 g/mol. The lowest BCUT2D eigenvalue weighted by atomic mass is 9.55. The monoisotopic (exact) mass is 376 g/mol. The molecule has 0 radical (unpaired) electrons. The van der Waals surface area contributed by atoms with Gasteiger partial charge in [-0.1, -0.05) is 6.92 Å². The molecule has 4 rings (SSSR count). The number of benzene rings is 1. The molecule has 0 spiro atoms. The van der Waals surface area contributed by atoms with Crippen molar-refractivity contribution in [1.82, 2.24) is 0 Å². The van der Waals surface area contributed by atoms with E-state index < -0.39 is 0 Å². The second kappa shape index (κ2) is 6.26. The van der Waals surface area contributed by atoms with Gasteiger partial charge in [0.2, 0.25) is 0 Å². The molecule has 3 aliphatic rings. The minimum Gasteiger partial charge on any atom is -0.497 e. The van der Waals surface area contributed by atoms with Crippen LogP contribution in [0.2, 0.25) is 0 Å². The maximum Gasteiger partial charge on any atom is 0.308 e. The van der Waals surface area contributed by atoms with Crippen molar-refractivity contribution < 1.29 is 19.1 Å². The molecule has 1 aromatic rings. The number of methoxy groups -OCH3 is 1. The summed E-state index contributed by atoms with van der Waals surface area (Å²) in [5.74, 6) is 2.29. The lowest BCUT2D eigenvalue weighted by Gasteiger charge is -2.48. The average Bonchev–Trinajstić information content (AvgIpc) is 2.84. The van der Waals surface area contributed by atoms with Gasteiger partial charge in [0, 0.05) is 24.0 Å². The highest BCUT2D eigenvalue weighted by Crippen LogP contribution is 2.61. The number of aryl methyl sites for hydroxylation is 1. The van der Waals surface area contributed by atoms with E-state index in [0.29, 0.717) is 23.5 Å². The van der Waals surface area contributed by atoms with Crippen LogP contribution in [0.3, 0.4) is 0 Å². The van der Waals surface area contributed by atoms with Gasteiger partial charge in [-0.3, -0.25) is 9.59 Å². The number of Topliss-reactive ketones (excluding diaryl/α,β-unsaturated/α-hetero) is 1. The number of esters is 1. The van der Waals surface area contributed by atoms with Gasteiger partial charge >= 0.3 is 5.97 Å². The predicted molar refractivity (Wildman–Crippen MR) is 99.0 cm³/mol. The van der Waals surface area contributed by atoms with E-state index in [2.05, 4.69) is 13.0 Å². The molecule has 0 bridgehead atoms. The van der Waals surface area contributed by atoms with E-state index >= 15 is 0 Å². The number of ether oxygens (including phenoxy) is 2. The number of carbonyl (C=O) groups excluding carboxylic acids is 2. The maximum atomic E-state index is 12.7. The number of ketones is 1. The van der Waals surface area contributed by atoms with E-state index in [-0.39, 0.29) is 22.5 Å².